The highest BCUT2D eigenvalue weighted by atomic mass is 79.9. The normalized spacial score (nSPS) is 19.2. The van der Waals surface area contributed by atoms with Gasteiger partial charge in [0.05, 0.1) is 99.8 Å². The van der Waals surface area contributed by atoms with Gasteiger partial charge in [-0.1, -0.05) is 42.5 Å². The van der Waals surface area contributed by atoms with Gasteiger partial charge in [-0.15, -0.1) is 0 Å². The Kier molecular flexibility index (Phi) is 24.2. The van der Waals surface area contributed by atoms with Crippen LogP contribution in [0.3, 0.4) is 0 Å². The maximum Gasteiger partial charge on any atom is 0.147 e. The van der Waals surface area contributed by atoms with E-state index in [2.05, 4.69) is 179 Å². The standard InChI is InChI=1S/C26H30Br4O6.C15H12Br4O2.C7H12O2.2CH4/c1-26(2,15-7-20(27)24(21(28)8-15)33-6-4-18-13-34-18)16-9-22(29)25(23(30)10-16)36-11-17(31)3-5-32-12-19-14-35-19;1-15(2,7-3-9(16)13(20)10(17)4-7)8-5-11(18)14(21)12(19)6-8;1(2-6-4-8-6)3-7-5-9-7;;/h7-10,17-19,31H,3-6,11-14H2,1-2H3;3-6,20-21H,1-2H3;6-7H,1-5H2;2*1H4. The third-order valence-electron chi connectivity index (χ3n) is 11.6. The van der Waals surface area contributed by atoms with Crippen molar-refractivity contribution in [1.29, 1.82) is 0 Å². The number of aliphatic hydroxyl groups is 1. The Hall–Kier alpha value is -0.320. The number of epoxide rings is 4. The molecular formula is C50H62Br8O10. The predicted octanol–water partition coefficient (Wildman–Crippen LogP) is 15.5. The van der Waals surface area contributed by atoms with Crippen molar-refractivity contribution in [1.82, 2.24) is 0 Å². The fourth-order valence-corrected chi connectivity index (χ4v) is 11.9. The van der Waals surface area contributed by atoms with E-state index in [0.717, 1.165) is 78.7 Å². The maximum atomic E-state index is 10.3. The molecule has 68 heavy (non-hydrogen) atoms. The Balaban J connectivity index is 0.000000264. The van der Waals surface area contributed by atoms with Gasteiger partial charge in [-0.25, -0.2) is 0 Å². The molecule has 4 heterocycles. The third-order valence-corrected chi connectivity index (χ3v) is 16.4. The van der Waals surface area contributed by atoms with E-state index in [1.807, 2.05) is 24.3 Å². The minimum Gasteiger partial charge on any atom is -0.506 e. The Morgan fingerprint density at radius 2 is 0.838 bits per heavy atom. The third kappa shape index (κ3) is 18.0. The molecule has 4 aliphatic heterocycles. The Morgan fingerprint density at radius 1 is 0.515 bits per heavy atom. The molecule has 0 amide bonds. The summed E-state index contributed by atoms with van der Waals surface area (Å²) in [5, 5.41) is 30.0. The summed E-state index contributed by atoms with van der Waals surface area (Å²) in [5.74, 6) is 1.82. The van der Waals surface area contributed by atoms with Crippen LogP contribution in [0.1, 0.15) is 96.9 Å². The van der Waals surface area contributed by atoms with E-state index in [0.29, 0.717) is 68.2 Å². The lowest BCUT2D eigenvalue weighted by atomic mass is 9.78. The second kappa shape index (κ2) is 27.3. The van der Waals surface area contributed by atoms with Crippen molar-refractivity contribution in [2.24, 2.45) is 0 Å². The zero-order chi connectivity index (χ0) is 47.9. The van der Waals surface area contributed by atoms with Gasteiger partial charge < -0.3 is 48.5 Å². The predicted molar refractivity (Wildman–Crippen MR) is 298 cm³/mol. The SMILES string of the molecule is C.C.C(CC1CO1)CC1CO1.CC(C)(c1cc(Br)c(O)c(Br)c1)c1cc(Br)c(O)c(Br)c1.CC(C)(c1cc(Br)c(OCCC2CO2)c(Br)c1)c1cc(Br)c(OCC(O)CCOCC2CO2)c(Br)c1. The average molecular weight is 1460 g/mol. The molecule has 4 fully saturated rings. The summed E-state index contributed by atoms with van der Waals surface area (Å²) in [5.41, 5.74) is 3.67. The summed E-state index contributed by atoms with van der Waals surface area (Å²) in [7, 11) is 0. The van der Waals surface area contributed by atoms with Gasteiger partial charge in [-0.3, -0.25) is 0 Å². The van der Waals surface area contributed by atoms with Crippen molar-refractivity contribution in [3.8, 4) is 23.0 Å². The van der Waals surface area contributed by atoms with E-state index in [9.17, 15) is 15.3 Å². The maximum absolute atomic E-state index is 10.3. The first-order valence-corrected chi connectivity index (χ1v) is 27.9. The minimum atomic E-state index is -0.618. The number of hydrogen-bond donors (Lipinski definition) is 3. The number of hydrogen-bond acceptors (Lipinski definition) is 10. The van der Waals surface area contributed by atoms with E-state index in [1.54, 1.807) is 0 Å². The molecule has 378 valence electrons. The van der Waals surface area contributed by atoms with Crippen LogP contribution in [-0.2, 0) is 34.5 Å². The van der Waals surface area contributed by atoms with E-state index in [4.69, 9.17) is 33.2 Å². The van der Waals surface area contributed by atoms with Crippen LogP contribution in [-0.4, -0.2) is 98.7 Å². The molecule has 4 aromatic carbocycles. The quantitative estimate of drug-likeness (QED) is 0.0579. The summed E-state index contributed by atoms with van der Waals surface area (Å²) in [4.78, 5) is 0. The van der Waals surface area contributed by atoms with E-state index in [1.165, 1.54) is 19.3 Å². The molecule has 0 saturated carbocycles. The van der Waals surface area contributed by atoms with Crippen LogP contribution in [0.15, 0.2) is 84.3 Å². The van der Waals surface area contributed by atoms with Crippen molar-refractivity contribution in [3.05, 3.63) is 107 Å². The van der Waals surface area contributed by atoms with Crippen molar-refractivity contribution in [2.45, 2.75) is 116 Å². The number of aromatic hydroxyl groups is 2. The van der Waals surface area contributed by atoms with Gasteiger partial charge in [0.2, 0.25) is 0 Å². The highest BCUT2D eigenvalue weighted by Gasteiger charge is 2.30. The van der Waals surface area contributed by atoms with Crippen LogP contribution in [0, 0.1) is 0 Å². The van der Waals surface area contributed by atoms with E-state index in [-0.39, 0.29) is 49.9 Å². The van der Waals surface area contributed by atoms with Crippen LogP contribution < -0.4 is 9.47 Å². The van der Waals surface area contributed by atoms with Gasteiger partial charge in [0, 0.05) is 23.9 Å². The zero-order valence-corrected chi connectivity index (χ0v) is 49.6. The summed E-state index contributed by atoms with van der Waals surface area (Å²) in [6.45, 7) is 14.0. The van der Waals surface area contributed by atoms with Gasteiger partial charge in [-0.2, -0.15) is 0 Å². The van der Waals surface area contributed by atoms with Crippen LogP contribution in [0.5, 0.6) is 23.0 Å². The number of phenols is 2. The molecule has 0 bridgehead atoms. The van der Waals surface area contributed by atoms with Gasteiger partial charge in [0.15, 0.2) is 0 Å². The molecular weight excluding hydrogens is 1400 g/mol. The molecule has 4 saturated heterocycles. The second-order valence-corrected chi connectivity index (χ2v) is 24.4. The van der Waals surface area contributed by atoms with Crippen LogP contribution >= 0.6 is 127 Å². The second-order valence-electron chi connectivity index (χ2n) is 17.6. The Labute approximate surface area is 469 Å². The monoisotopic (exact) mass is 1450 g/mol. The fraction of sp³-hybridized carbons (Fsp3) is 0.520. The summed E-state index contributed by atoms with van der Waals surface area (Å²) >= 11 is 28.2. The first-order valence-electron chi connectivity index (χ1n) is 21.6. The lowest BCUT2D eigenvalue weighted by Gasteiger charge is -2.28. The number of ether oxygens (including phenoxy) is 7. The molecule has 10 nitrogen and oxygen atoms in total. The van der Waals surface area contributed by atoms with Gasteiger partial charge in [0.1, 0.15) is 35.7 Å². The molecule has 4 aliphatic rings. The van der Waals surface area contributed by atoms with Crippen molar-refractivity contribution >= 4 is 127 Å². The molecule has 3 N–H and O–H groups in total. The molecule has 0 aliphatic carbocycles. The van der Waals surface area contributed by atoms with Crippen molar-refractivity contribution in [2.75, 3.05) is 52.9 Å². The van der Waals surface area contributed by atoms with Gasteiger partial charge in [-0.05, 0) is 224 Å². The Bertz CT molecular complexity index is 2120. The van der Waals surface area contributed by atoms with Crippen molar-refractivity contribution in [3.63, 3.8) is 0 Å². The highest BCUT2D eigenvalue weighted by Crippen LogP contribution is 2.46. The number of benzene rings is 4. The zero-order valence-electron chi connectivity index (χ0n) is 36.9. The number of aliphatic hydroxyl groups excluding tert-OH is 1. The number of phenolic OH excluding ortho intramolecular Hbond substituents is 2. The van der Waals surface area contributed by atoms with Crippen molar-refractivity contribution < 1.29 is 48.5 Å². The van der Waals surface area contributed by atoms with Crippen LogP contribution in [0.25, 0.3) is 0 Å². The molecule has 8 rings (SSSR count). The largest absolute Gasteiger partial charge is 0.506 e. The molecule has 18 heteroatoms. The van der Waals surface area contributed by atoms with Gasteiger partial charge >= 0.3 is 0 Å². The minimum absolute atomic E-state index is 0. The topological polar surface area (TPSA) is 138 Å². The first-order chi connectivity index (χ1) is 31.2. The molecule has 0 spiro atoms. The molecule has 4 aromatic rings. The summed E-state index contributed by atoms with van der Waals surface area (Å²) in [6.07, 6.45) is 6.37. The number of rotatable bonds is 20. The van der Waals surface area contributed by atoms with Crippen LogP contribution in [0.4, 0.5) is 0 Å². The Morgan fingerprint density at radius 3 is 1.19 bits per heavy atom. The fourth-order valence-electron chi connectivity index (χ4n) is 6.73. The lowest BCUT2D eigenvalue weighted by Crippen LogP contribution is -2.21. The highest BCUT2D eigenvalue weighted by molar-refractivity contribution is 9.12. The molecule has 5 atom stereocenters. The summed E-state index contributed by atoms with van der Waals surface area (Å²) < 4.78 is 43.9. The van der Waals surface area contributed by atoms with Gasteiger partial charge in [0.25, 0.3) is 0 Å². The van der Waals surface area contributed by atoms with Crippen LogP contribution in [0.2, 0.25) is 0 Å². The smallest absolute Gasteiger partial charge is 0.147 e. The summed E-state index contributed by atoms with van der Waals surface area (Å²) in [6, 6.07) is 15.9. The number of halogens is 8. The molecule has 0 aromatic heterocycles. The lowest BCUT2D eigenvalue weighted by molar-refractivity contribution is 0.0501. The average Bonchev–Trinajstić information content (AvgIpc) is 4.04. The molecule has 0 radical (unpaired) electrons. The van der Waals surface area contributed by atoms with E-state index >= 15 is 0 Å². The van der Waals surface area contributed by atoms with E-state index < -0.39 is 6.10 Å². The first kappa shape index (κ1) is 60.2. The molecule has 5 unspecified atom stereocenters.